The summed E-state index contributed by atoms with van der Waals surface area (Å²) in [6.45, 7) is 0.235. The van der Waals surface area contributed by atoms with Crippen LogP contribution in [0.5, 0.6) is 0 Å². The summed E-state index contributed by atoms with van der Waals surface area (Å²) in [6.07, 6.45) is 4.18. The minimum atomic E-state index is -0.191. The lowest BCUT2D eigenvalue weighted by Gasteiger charge is -2.10. The maximum atomic E-state index is 11.6. The number of amides is 1. The van der Waals surface area contributed by atoms with Crippen LogP contribution >= 0.6 is 0 Å². The van der Waals surface area contributed by atoms with Gasteiger partial charge in [-0.1, -0.05) is 0 Å². The lowest BCUT2D eigenvalue weighted by molar-refractivity contribution is 0.0938. The van der Waals surface area contributed by atoms with E-state index in [2.05, 4.69) is 15.5 Å². The Balaban J connectivity index is 2.14. The summed E-state index contributed by atoms with van der Waals surface area (Å²) in [5.41, 5.74) is 2.64. The van der Waals surface area contributed by atoms with Crippen LogP contribution in [0.3, 0.4) is 0 Å². The highest BCUT2D eigenvalue weighted by Crippen LogP contribution is 2.21. The molecule has 5 nitrogen and oxygen atoms in total. The van der Waals surface area contributed by atoms with Gasteiger partial charge in [-0.05, 0) is 25.7 Å². The fraction of sp³-hybridized carbons (Fsp3) is 0.600. The van der Waals surface area contributed by atoms with E-state index < -0.39 is 0 Å². The number of nitrogens with zero attached hydrogens (tertiary/aromatic N) is 1. The Morgan fingerprint density at radius 3 is 3.07 bits per heavy atom. The van der Waals surface area contributed by atoms with Gasteiger partial charge in [-0.2, -0.15) is 5.10 Å². The van der Waals surface area contributed by atoms with E-state index >= 15 is 0 Å². The van der Waals surface area contributed by atoms with Gasteiger partial charge in [0.1, 0.15) is 0 Å². The third-order valence-electron chi connectivity index (χ3n) is 2.67. The average Bonchev–Trinajstić information content (AvgIpc) is 2.69. The number of rotatable bonds is 3. The number of hydrogen-bond acceptors (Lipinski definition) is 3. The molecule has 1 aliphatic rings. The first-order valence-corrected chi connectivity index (χ1v) is 5.28. The van der Waals surface area contributed by atoms with Gasteiger partial charge in [0.2, 0.25) is 0 Å². The van der Waals surface area contributed by atoms with Crippen LogP contribution in [0.15, 0.2) is 0 Å². The Bertz CT molecular complexity index is 360. The smallest absolute Gasteiger partial charge is 0.272 e. The fourth-order valence-electron chi connectivity index (χ4n) is 1.92. The molecule has 0 saturated carbocycles. The molecule has 82 valence electrons. The third kappa shape index (κ3) is 2.02. The molecule has 0 aromatic carbocycles. The Labute approximate surface area is 87.9 Å². The summed E-state index contributed by atoms with van der Waals surface area (Å²) in [5.74, 6) is -0.191. The Hall–Kier alpha value is -1.36. The molecule has 0 radical (unpaired) electrons. The van der Waals surface area contributed by atoms with Crippen molar-refractivity contribution in [3.63, 3.8) is 0 Å². The number of nitrogens with one attached hydrogen (secondary N) is 2. The second-order valence-corrected chi connectivity index (χ2v) is 3.72. The maximum Gasteiger partial charge on any atom is 0.272 e. The predicted octanol–water partition coefficient (Wildman–Crippen LogP) is 0.0106. The predicted molar refractivity (Wildman–Crippen MR) is 54.6 cm³/mol. The van der Waals surface area contributed by atoms with E-state index in [1.807, 2.05) is 0 Å². The fourth-order valence-corrected chi connectivity index (χ4v) is 1.92. The molecule has 1 aromatic heterocycles. The number of aromatic nitrogens is 2. The monoisotopic (exact) mass is 209 g/mol. The van der Waals surface area contributed by atoms with E-state index in [0.717, 1.165) is 36.9 Å². The maximum absolute atomic E-state index is 11.6. The van der Waals surface area contributed by atoms with Gasteiger partial charge in [-0.25, -0.2) is 0 Å². The number of aliphatic hydroxyl groups excluding tert-OH is 1. The number of H-pyrrole nitrogens is 1. The normalized spacial score (nSPS) is 14.7. The summed E-state index contributed by atoms with van der Waals surface area (Å²) in [7, 11) is 0. The molecular formula is C10H15N3O2. The molecule has 0 unspecified atom stereocenters. The molecule has 0 bridgehead atoms. The number of aliphatic hydroxyl groups is 1. The molecule has 1 aliphatic carbocycles. The van der Waals surface area contributed by atoms with Crippen molar-refractivity contribution >= 4 is 5.91 Å². The number of hydrogen-bond donors (Lipinski definition) is 3. The number of fused-ring (bicyclic) bond motifs is 1. The first-order chi connectivity index (χ1) is 7.33. The molecule has 1 aromatic rings. The molecule has 1 heterocycles. The Kier molecular flexibility index (Phi) is 3.01. The van der Waals surface area contributed by atoms with Crippen LogP contribution < -0.4 is 5.32 Å². The van der Waals surface area contributed by atoms with Crippen LogP contribution in [0, 0.1) is 0 Å². The first kappa shape index (κ1) is 10.2. The van der Waals surface area contributed by atoms with E-state index in [-0.39, 0.29) is 19.1 Å². The van der Waals surface area contributed by atoms with Crippen LogP contribution in [0.2, 0.25) is 0 Å². The number of aromatic amines is 1. The minimum absolute atomic E-state index is 0.0433. The van der Waals surface area contributed by atoms with Crippen molar-refractivity contribution in [2.75, 3.05) is 13.2 Å². The average molecular weight is 209 g/mol. The molecule has 0 aliphatic heterocycles. The first-order valence-electron chi connectivity index (χ1n) is 5.28. The zero-order valence-corrected chi connectivity index (χ0v) is 8.55. The molecule has 15 heavy (non-hydrogen) atoms. The zero-order chi connectivity index (χ0) is 10.7. The second kappa shape index (κ2) is 4.44. The van der Waals surface area contributed by atoms with E-state index in [4.69, 9.17) is 5.11 Å². The second-order valence-electron chi connectivity index (χ2n) is 3.72. The summed E-state index contributed by atoms with van der Waals surface area (Å²) in [6, 6.07) is 0. The van der Waals surface area contributed by atoms with Gasteiger partial charge in [-0.3, -0.25) is 9.89 Å². The van der Waals surface area contributed by atoms with Crippen LogP contribution in [-0.2, 0) is 12.8 Å². The molecule has 1 amide bonds. The van der Waals surface area contributed by atoms with Gasteiger partial charge < -0.3 is 10.4 Å². The van der Waals surface area contributed by atoms with Crippen molar-refractivity contribution in [2.45, 2.75) is 25.7 Å². The molecule has 3 N–H and O–H groups in total. The van der Waals surface area contributed by atoms with Crippen LogP contribution in [0.1, 0.15) is 34.6 Å². The van der Waals surface area contributed by atoms with Gasteiger partial charge in [0.05, 0.1) is 6.61 Å². The highest BCUT2D eigenvalue weighted by Gasteiger charge is 2.20. The van der Waals surface area contributed by atoms with Crippen LogP contribution in [0.4, 0.5) is 0 Å². The van der Waals surface area contributed by atoms with Gasteiger partial charge in [-0.15, -0.1) is 0 Å². The summed E-state index contributed by atoms with van der Waals surface area (Å²) >= 11 is 0. The van der Waals surface area contributed by atoms with E-state index in [1.54, 1.807) is 0 Å². The zero-order valence-electron chi connectivity index (χ0n) is 8.55. The number of aryl methyl sites for hydroxylation is 1. The topological polar surface area (TPSA) is 78.0 Å². The lowest BCUT2D eigenvalue weighted by atomic mass is 9.96. The van der Waals surface area contributed by atoms with E-state index in [9.17, 15) is 4.79 Å². The summed E-state index contributed by atoms with van der Waals surface area (Å²) in [4.78, 5) is 11.6. The summed E-state index contributed by atoms with van der Waals surface area (Å²) in [5, 5.41) is 18.2. The molecule has 2 rings (SSSR count). The van der Waals surface area contributed by atoms with E-state index in [0.29, 0.717) is 5.69 Å². The van der Waals surface area contributed by atoms with Gasteiger partial charge in [0.25, 0.3) is 5.91 Å². The SMILES string of the molecule is O=C(NCCO)c1n[nH]c2c1CCCC2. The molecule has 5 heteroatoms. The Morgan fingerprint density at radius 1 is 1.47 bits per heavy atom. The quantitative estimate of drug-likeness (QED) is 0.656. The molecule has 0 spiro atoms. The van der Waals surface area contributed by atoms with E-state index in [1.165, 1.54) is 0 Å². The lowest BCUT2D eigenvalue weighted by Crippen LogP contribution is -2.27. The molecular weight excluding hydrogens is 194 g/mol. The van der Waals surface area contributed by atoms with Crippen molar-refractivity contribution in [3.8, 4) is 0 Å². The highest BCUT2D eigenvalue weighted by atomic mass is 16.3. The van der Waals surface area contributed by atoms with Crippen molar-refractivity contribution in [1.29, 1.82) is 0 Å². The van der Waals surface area contributed by atoms with Crippen molar-refractivity contribution < 1.29 is 9.90 Å². The van der Waals surface area contributed by atoms with Crippen molar-refractivity contribution in [1.82, 2.24) is 15.5 Å². The number of carbonyl (C=O) groups excluding carboxylic acids is 1. The highest BCUT2D eigenvalue weighted by molar-refractivity contribution is 5.94. The standard InChI is InChI=1S/C10H15N3O2/c14-6-5-11-10(15)9-7-3-1-2-4-8(7)12-13-9/h14H,1-6H2,(H,11,15)(H,12,13). The van der Waals surface area contributed by atoms with Gasteiger partial charge in [0.15, 0.2) is 5.69 Å². The minimum Gasteiger partial charge on any atom is -0.395 e. The van der Waals surface area contributed by atoms with Crippen LogP contribution in [0.25, 0.3) is 0 Å². The Morgan fingerprint density at radius 2 is 2.27 bits per heavy atom. The molecule has 0 saturated heterocycles. The number of carbonyl (C=O) groups is 1. The van der Waals surface area contributed by atoms with Gasteiger partial charge >= 0.3 is 0 Å². The largest absolute Gasteiger partial charge is 0.395 e. The summed E-state index contributed by atoms with van der Waals surface area (Å²) < 4.78 is 0. The molecule has 0 atom stereocenters. The third-order valence-corrected chi connectivity index (χ3v) is 2.67. The van der Waals surface area contributed by atoms with Crippen molar-refractivity contribution in [3.05, 3.63) is 17.0 Å². The van der Waals surface area contributed by atoms with Crippen LogP contribution in [-0.4, -0.2) is 34.4 Å². The molecule has 0 fully saturated rings. The van der Waals surface area contributed by atoms with Gasteiger partial charge in [0, 0.05) is 17.8 Å². The van der Waals surface area contributed by atoms with Crippen molar-refractivity contribution in [2.24, 2.45) is 0 Å².